The highest BCUT2D eigenvalue weighted by Gasteiger charge is 2.22. The van der Waals surface area contributed by atoms with Gasteiger partial charge in [0.15, 0.2) is 5.65 Å². The lowest BCUT2D eigenvalue weighted by Gasteiger charge is -2.25. The zero-order chi connectivity index (χ0) is 24.4. The first-order valence-electron chi connectivity index (χ1n) is 10.9. The van der Waals surface area contributed by atoms with Crippen LogP contribution in [0, 0.1) is 25.2 Å². The minimum absolute atomic E-state index is 0.0374. The Morgan fingerprint density at radius 3 is 2.74 bits per heavy atom. The second kappa shape index (κ2) is 9.61. The molecule has 0 atom stereocenters. The van der Waals surface area contributed by atoms with Crippen LogP contribution < -0.4 is 0 Å². The van der Waals surface area contributed by atoms with E-state index in [1.54, 1.807) is 21.5 Å². The fraction of sp³-hybridized carbons (Fsp3) is 0.333. The van der Waals surface area contributed by atoms with Crippen LogP contribution in [-0.4, -0.2) is 41.6 Å². The number of aromatic nitrogens is 5. The van der Waals surface area contributed by atoms with E-state index in [-0.39, 0.29) is 24.9 Å². The van der Waals surface area contributed by atoms with Crippen molar-refractivity contribution in [3.05, 3.63) is 63.9 Å². The largest absolute Gasteiger partial charge is 0.419 e. The Morgan fingerprint density at radius 1 is 1.26 bits per heavy atom. The maximum absolute atomic E-state index is 13.2. The van der Waals surface area contributed by atoms with Crippen molar-refractivity contribution in [1.82, 2.24) is 29.7 Å². The summed E-state index contributed by atoms with van der Waals surface area (Å²) in [5.41, 5.74) is 4.20. The molecule has 0 fully saturated rings. The van der Waals surface area contributed by atoms with Crippen molar-refractivity contribution in [1.29, 1.82) is 5.26 Å². The molecule has 0 radical (unpaired) electrons. The summed E-state index contributed by atoms with van der Waals surface area (Å²) >= 11 is 6.23. The Labute approximate surface area is 202 Å². The fourth-order valence-corrected chi connectivity index (χ4v) is 4.11. The summed E-state index contributed by atoms with van der Waals surface area (Å²) in [6.07, 6.45) is 2.29. The average molecular weight is 478 g/mol. The van der Waals surface area contributed by atoms with Gasteiger partial charge in [0.25, 0.3) is 0 Å². The molecule has 3 aromatic heterocycles. The van der Waals surface area contributed by atoms with Crippen LogP contribution in [0.4, 0.5) is 0 Å². The van der Waals surface area contributed by atoms with Crippen molar-refractivity contribution in [2.75, 3.05) is 0 Å². The second-order valence-corrected chi connectivity index (χ2v) is 8.67. The summed E-state index contributed by atoms with van der Waals surface area (Å²) in [7, 11) is 0. The number of amides is 1. The van der Waals surface area contributed by atoms with Crippen LogP contribution in [0.2, 0.25) is 5.02 Å². The molecule has 0 saturated heterocycles. The topological polar surface area (TPSA) is 113 Å². The van der Waals surface area contributed by atoms with Gasteiger partial charge in [-0.25, -0.2) is 9.50 Å². The monoisotopic (exact) mass is 477 g/mol. The molecule has 34 heavy (non-hydrogen) atoms. The summed E-state index contributed by atoms with van der Waals surface area (Å²) in [6.45, 7) is 7.90. The first kappa shape index (κ1) is 23.4. The van der Waals surface area contributed by atoms with Gasteiger partial charge in [-0.2, -0.15) is 10.4 Å². The minimum Gasteiger partial charge on any atom is -0.419 e. The quantitative estimate of drug-likeness (QED) is 0.390. The molecule has 3 heterocycles. The van der Waals surface area contributed by atoms with E-state index < -0.39 is 0 Å². The third-order valence-corrected chi connectivity index (χ3v) is 6.07. The minimum atomic E-state index is -0.0599. The van der Waals surface area contributed by atoms with Crippen LogP contribution >= 0.6 is 11.6 Å². The zero-order valence-corrected chi connectivity index (χ0v) is 20.2. The molecule has 10 heteroatoms. The maximum Gasteiger partial charge on any atom is 0.249 e. The number of halogens is 1. The number of nitrogens with zero attached hydrogens (tertiary/aromatic N) is 7. The number of rotatable bonds is 7. The molecule has 0 N–H and O–H groups in total. The van der Waals surface area contributed by atoms with E-state index in [2.05, 4.69) is 26.3 Å². The molecule has 0 bridgehead atoms. The molecule has 4 aromatic rings. The normalized spacial score (nSPS) is 11.2. The Hall–Kier alpha value is -3.77. The smallest absolute Gasteiger partial charge is 0.249 e. The van der Waals surface area contributed by atoms with E-state index in [0.717, 1.165) is 17.0 Å². The van der Waals surface area contributed by atoms with E-state index in [4.69, 9.17) is 16.0 Å². The number of nitriles is 1. The van der Waals surface area contributed by atoms with E-state index in [1.807, 2.05) is 39.8 Å². The van der Waals surface area contributed by atoms with Gasteiger partial charge in [0.2, 0.25) is 17.7 Å². The fourth-order valence-electron chi connectivity index (χ4n) is 3.89. The van der Waals surface area contributed by atoms with Crippen molar-refractivity contribution in [2.24, 2.45) is 0 Å². The molecule has 1 amide bonds. The Morgan fingerprint density at radius 2 is 2.03 bits per heavy atom. The molecular formula is C24H24ClN7O2. The summed E-state index contributed by atoms with van der Waals surface area (Å²) in [4.78, 5) is 19.4. The van der Waals surface area contributed by atoms with Crippen LogP contribution in [0.5, 0.6) is 0 Å². The maximum atomic E-state index is 13.2. The van der Waals surface area contributed by atoms with Gasteiger partial charge in [0, 0.05) is 23.9 Å². The summed E-state index contributed by atoms with van der Waals surface area (Å²) < 4.78 is 7.45. The molecular weight excluding hydrogens is 454 g/mol. The lowest BCUT2D eigenvalue weighted by Crippen LogP contribution is -2.36. The summed E-state index contributed by atoms with van der Waals surface area (Å²) in [5.74, 6) is 0.621. The van der Waals surface area contributed by atoms with Crippen LogP contribution in [0.15, 0.2) is 34.9 Å². The number of hydrogen-bond acceptors (Lipinski definition) is 7. The number of carbonyl (C=O) groups excluding carboxylic acids is 1. The van der Waals surface area contributed by atoms with Gasteiger partial charge in [-0.3, -0.25) is 4.79 Å². The number of benzene rings is 1. The predicted molar refractivity (Wildman–Crippen MR) is 126 cm³/mol. The number of hydrogen-bond donors (Lipinski definition) is 0. The van der Waals surface area contributed by atoms with Crippen LogP contribution in [0.25, 0.3) is 17.1 Å². The van der Waals surface area contributed by atoms with Gasteiger partial charge in [-0.05, 0) is 51.8 Å². The van der Waals surface area contributed by atoms with Gasteiger partial charge in [0.1, 0.15) is 11.6 Å². The molecule has 0 aliphatic carbocycles. The second-order valence-electron chi connectivity index (χ2n) is 8.26. The zero-order valence-electron chi connectivity index (χ0n) is 19.4. The van der Waals surface area contributed by atoms with Crippen molar-refractivity contribution in [2.45, 2.75) is 53.1 Å². The van der Waals surface area contributed by atoms with Crippen LogP contribution in [0.1, 0.15) is 48.7 Å². The number of fused-ring (bicyclic) bond motifs is 1. The number of carbonyl (C=O) groups is 1. The highest BCUT2D eigenvalue weighted by molar-refractivity contribution is 6.33. The molecule has 9 nitrogen and oxygen atoms in total. The predicted octanol–water partition coefficient (Wildman–Crippen LogP) is 4.29. The Balaban J connectivity index is 1.50. The molecule has 4 rings (SSSR count). The highest BCUT2D eigenvalue weighted by Crippen LogP contribution is 2.27. The molecule has 0 aliphatic heterocycles. The van der Waals surface area contributed by atoms with Gasteiger partial charge >= 0.3 is 0 Å². The molecule has 174 valence electrons. The van der Waals surface area contributed by atoms with Crippen molar-refractivity contribution >= 4 is 23.2 Å². The lowest BCUT2D eigenvalue weighted by atomic mass is 10.1. The van der Waals surface area contributed by atoms with Crippen molar-refractivity contribution < 1.29 is 9.21 Å². The van der Waals surface area contributed by atoms with E-state index in [9.17, 15) is 10.1 Å². The first-order chi connectivity index (χ1) is 16.3. The molecule has 1 aromatic carbocycles. The van der Waals surface area contributed by atoms with Gasteiger partial charge < -0.3 is 9.32 Å². The van der Waals surface area contributed by atoms with Gasteiger partial charge in [-0.1, -0.05) is 23.7 Å². The van der Waals surface area contributed by atoms with E-state index >= 15 is 0 Å². The first-order valence-corrected chi connectivity index (χ1v) is 11.3. The SMILES string of the molecule is Cc1nc2c(C#N)cnn2c(C)c1CCC(=O)N(Cc1nnc(-c2ccccc2Cl)o1)C(C)C. The Kier molecular flexibility index (Phi) is 6.61. The van der Waals surface area contributed by atoms with Gasteiger partial charge in [0.05, 0.1) is 23.3 Å². The lowest BCUT2D eigenvalue weighted by molar-refractivity contribution is -0.133. The van der Waals surface area contributed by atoms with Crippen LogP contribution in [0.3, 0.4) is 0 Å². The molecule has 0 spiro atoms. The summed E-state index contributed by atoms with van der Waals surface area (Å²) in [5, 5.41) is 22.2. The van der Waals surface area contributed by atoms with Crippen LogP contribution in [-0.2, 0) is 17.8 Å². The molecule has 0 aliphatic rings. The highest BCUT2D eigenvalue weighted by atomic mass is 35.5. The standard InChI is InChI=1S/C24H24ClN7O2/c1-14(2)31(13-21-29-30-24(34-21)19-7-5-6-8-20(19)25)22(33)10-9-18-15(3)28-23-17(11-26)12-27-32(23)16(18)4/h5-8,12,14H,9-10,13H2,1-4H3. The average Bonchev–Trinajstić information content (AvgIpc) is 3.44. The Bertz CT molecular complexity index is 1400. The van der Waals surface area contributed by atoms with Gasteiger partial charge in [-0.15, -0.1) is 10.2 Å². The third-order valence-electron chi connectivity index (χ3n) is 5.74. The third kappa shape index (κ3) is 4.50. The van der Waals surface area contributed by atoms with Crippen molar-refractivity contribution in [3.63, 3.8) is 0 Å². The van der Waals surface area contributed by atoms with Crippen molar-refractivity contribution in [3.8, 4) is 17.5 Å². The number of aryl methyl sites for hydroxylation is 2. The summed E-state index contributed by atoms with van der Waals surface area (Å²) in [6, 6.07) is 9.28. The molecule has 0 saturated carbocycles. The molecule has 0 unspecified atom stereocenters. The van der Waals surface area contributed by atoms with E-state index in [1.165, 1.54) is 6.20 Å². The van der Waals surface area contributed by atoms with E-state index in [0.29, 0.717) is 40.0 Å².